The molecule has 0 aliphatic carbocycles. The van der Waals surface area contributed by atoms with Crippen LogP contribution < -0.4 is 4.72 Å². The zero-order valence-electron chi connectivity index (χ0n) is 13.8. The summed E-state index contributed by atoms with van der Waals surface area (Å²) in [7, 11) is -3.63. The first kappa shape index (κ1) is 18.3. The maximum atomic E-state index is 12.4. The van der Waals surface area contributed by atoms with E-state index in [2.05, 4.69) is 4.72 Å². The minimum absolute atomic E-state index is 0.131. The molecular formula is C20H17NO3S2. The topological polar surface area (TPSA) is 63.2 Å². The lowest BCUT2D eigenvalue weighted by atomic mass is 10.1. The standard InChI is InChI=1S/C20H17NO3S2/c22-20(11-6-17-12-13-25-15-17)18-7-9-19(10-8-18)26(23,24)21-14-16-4-2-1-3-5-16/h1-13,15,21H,14H2/b11-6+. The van der Waals surface area contributed by atoms with E-state index in [-0.39, 0.29) is 17.2 Å². The normalized spacial score (nSPS) is 11.7. The first-order valence-corrected chi connectivity index (χ1v) is 10.4. The van der Waals surface area contributed by atoms with E-state index in [9.17, 15) is 13.2 Å². The Kier molecular flexibility index (Phi) is 5.78. The molecule has 0 aliphatic heterocycles. The fourth-order valence-electron chi connectivity index (χ4n) is 2.29. The number of allylic oxidation sites excluding steroid dienone is 1. The van der Waals surface area contributed by atoms with Crippen LogP contribution in [-0.2, 0) is 16.6 Å². The highest BCUT2D eigenvalue weighted by Crippen LogP contribution is 2.13. The smallest absolute Gasteiger partial charge is 0.240 e. The third kappa shape index (κ3) is 4.76. The van der Waals surface area contributed by atoms with Gasteiger partial charge in [0.05, 0.1) is 4.90 Å². The molecule has 0 bridgehead atoms. The quantitative estimate of drug-likeness (QED) is 0.493. The van der Waals surface area contributed by atoms with Crippen LogP contribution in [0.25, 0.3) is 6.08 Å². The first-order valence-electron chi connectivity index (χ1n) is 7.93. The zero-order valence-corrected chi connectivity index (χ0v) is 15.5. The largest absolute Gasteiger partial charge is 0.289 e. The van der Waals surface area contributed by atoms with Gasteiger partial charge in [0.15, 0.2) is 5.78 Å². The van der Waals surface area contributed by atoms with Gasteiger partial charge in [0.2, 0.25) is 10.0 Å². The van der Waals surface area contributed by atoms with Gasteiger partial charge in [-0.2, -0.15) is 11.3 Å². The van der Waals surface area contributed by atoms with Gasteiger partial charge in [-0.15, -0.1) is 0 Å². The lowest BCUT2D eigenvalue weighted by Gasteiger charge is -2.07. The van der Waals surface area contributed by atoms with Crippen LogP contribution in [0.2, 0.25) is 0 Å². The molecule has 0 aliphatic rings. The molecular weight excluding hydrogens is 366 g/mol. The Morgan fingerprint density at radius 1 is 1.00 bits per heavy atom. The number of carbonyl (C=O) groups is 1. The summed E-state index contributed by atoms with van der Waals surface area (Å²) in [5, 5.41) is 3.88. The molecule has 132 valence electrons. The van der Waals surface area contributed by atoms with Crippen LogP contribution in [0.4, 0.5) is 0 Å². The Labute approximate surface area is 156 Å². The molecule has 4 nitrogen and oxygen atoms in total. The van der Waals surface area contributed by atoms with Crippen LogP contribution in [0.15, 0.2) is 82.4 Å². The third-order valence-electron chi connectivity index (χ3n) is 3.73. The Balaban J connectivity index is 1.67. The number of hydrogen-bond acceptors (Lipinski definition) is 4. The average Bonchev–Trinajstić information content (AvgIpc) is 3.19. The number of sulfonamides is 1. The van der Waals surface area contributed by atoms with Crippen molar-refractivity contribution >= 4 is 33.2 Å². The molecule has 1 N–H and O–H groups in total. The fourth-order valence-corrected chi connectivity index (χ4v) is 3.94. The van der Waals surface area contributed by atoms with Crippen molar-refractivity contribution in [3.8, 4) is 0 Å². The number of ketones is 1. The van der Waals surface area contributed by atoms with Crippen molar-refractivity contribution in [1.29, 1.82) is 0 Å². The summed E-state index contributed by atoms with van der Waals surface area (Å²) in [6, 6.07) is 17.1. The molecule has 0 atom stereocenters. The molecule has 1 heterocycles. The van der Waals surface area contributed by atoms with E-state index in [0.717, 1.165) is 11.1 Å². The number of hydrogen-bond donors (Lipinski definition) is 1. The van der Waals surface area contributed by atoms with E-state index in [0.29, 0.717) is 5.56 Å². The second-order valence-corrected chi connectivity index (χ2v) is 8.14. The summed E-state index contributed by atoms with van der Waals surface area (Å²) in [4.78, 5) is 12.3. The predicted molar refractivity (Wildman–Crippen MR) is 105 cm³/mol. The van der Waals surface area contributed by atoms with Gasteiger partial charge in [-0.3, -0.25) is 4.79 Å². The first-order chi connectivity index (χ1) is 12.5. The van der Waals surface area contributed by atoms with Gasteiger partial charge in [-0.25, -0.2) is 13.1 Å². The molecule has 2 aromatic carbocycles. The van der Waals surface area contributed by atoms with Gasteiger partial charge >= 0.3 is 0 Å². The maximum Gasteiger partial charge on any atom is 0.240 e. The van der Waals surface area contributed by atoms with Crippen LogP contribution in [0.1, 0.15) is 21.5 Å². The Morgan fingerprint density at radius 3 is 2.38 bits per heavy atom. The minimum atomic E-state index is -3.63. The monoisotopic (exact) mass is 383 g/mol. The number of benzene rings is 2. The van der Waals surface area contributed by atoms with Crippen LogP contribution in [0.3, 0.4) is 0 Å². The SMILES string of the molecule is O=C(/C=C/c1ccsc1)c1ccc(S(=O)(=O)NCc2ccccc2)cc1. The van der Waals surface area contributed by atoms with Gasteiger partial charge in [0.1, 0.15) is 0 Å². The molecule has 26 heavy (non-hydrogen) atoms. The second-order valence-electron chi connectivity index (χ2n) is 5.59. The molecule has 0 radical (unpaired) electrons. The van der Waals surface area contributed by atoms with Crippen molar-refractivity contribution in [3.05, 3.63) is 94.2 Å². The van der Waals surface area contributed by atoms with Crippen molar-refractivity contribution in [2.45, 2.75) is 11.4 Å². The predicted octanol–water partition coefficient (Wildman–Crippen LogP) is 4.12. The molecule has 6 heteroatoms. The van der Waals surface area contributed by atoms with Crippen LogP contribution in [0, 0.1) is 0 Å². The van der Waals surface area contributed by atoms with E-state index in [4.69, 9.17) is 0 Å². The van der Waals surface area contributed by atoms with E-state index in [1.165, 1.54) is 30.3 Å². The van der Waals surface area contributed by atoms with Crippen molar-refractivity contribution in [3.63, 3.8) is 0 Å². The number of rotatable bonds is 7. The van der Waals surface area contributed by atoms with Gasteiger partial charge in [-0.1, -0.05) is 36.4 Å². The number of thiophene rings is 1. The summed E-state index contributed by atoms with van der Waals surface area (Å²) in [5.41, 5.74) is 2.28. The van der Waals surface area contributed by atoms with Crippen molar-refractivity contribution in [2.24, 2.45) is 0 Å². The second kappa shape index (κ2) is 8.23. The lowest BCUT2D eigenvalue weighted by Crippen LogP contribution is -2.23. The highest BCUT2D eigenvalue weighted by Gasteiger charge is 2.14. The van der Waals surface area contributed by atoms with E-state index < -0.39 is 10.0 Å². The molecule has 0 amide bonds. The highest BCUT2D eigenvalue weighted by atomic mass is 32.2. The molecule has 0 saturated carbocycles. The molecule has 3 aromatic rings. The summed E-state index contributed by atoms with van der Waals surface area (Å²) in [5.74, 6) is -0.169. The van der Waals surface area contributed by atoms with Crippen LogP contribution >= 0.6 is 11.3 Å². The Hall–Kier alpha value is -2.54. The molecule has 0 spiro atoms. The van der Waals surface area contributed by atoms with E-state index in [1.807, 2.05) is 47.2 Å². The van der Waals surface area contributed by atoms with Gasteiger partial charge < -0.3 is 0 Å². The summed E-state index contributed by atoms with van der Waals surface area (Å²) in [6.07, 6.45) is 3.23. The van der Waals surface area contributed by atoms with E-state index >= 15 is 0 Å². The maximum absolute atomic E-state index is 12.4. The molecule has 3 rings (SSSR count). The average molecular weight is 383 g/mol. The molecule has 0 fully saturated rings. The van der Waals surface area contributed by atoms with Crippen molar-refractivity contribution in [1.82, 2.24) is 4.72 Å². The Bertz CT molecular complexity index is 991. The van der Waals surface area contributed by atoms with Crippen LogP contribution in [0.5, 0.6) is 0 Å². The lowest BCUT2D eigenvalue weighted by molar-refractivity contribution is 0.104. The molecule has 1 aromatic heterocycles. The number of nitrogens with one attached hydrogen (secondary N) is 1. The Morgan fingerprint density at radius 2 is 1.73 bits per heavy atom. The van der Waals surface area contributed by atoms with Crippen molar-refractivity contribution in [2.75, 3.05) is 0 Å². The van der Waals surface area contributed by atoms with Gasteiger partial charge in [-0.05, 0) is 58.3 Å². The number of carbonyl (C=O) groups excluding carboxylic acids is 1. The summed E-state index contributed by atoms with van der Waals surface area (Å²) >= 11 is 1.56. The molecule has 0 unspecified atom stereocenters. The van der Waals surface area contributed by atoms with E-state index in [1.54, 1.807) is 17.4 Å². The fraction of sp³-hybridized carbons (Fsp3) is 0.0500. The van der Waals surface area contributed by atoms with Gasteiger partial charge in [0.25, 0.3) is 0 Å². The molecule has 0 saturated heterocycles. The third-order valence-corrected chi connectivity index (χ3v) is 5.85. The zero-order chi connectivity index (χ0) is 18.4. The minimum Gasteiger partial charge on any atom is -0.289 e. The highest BCUT2D eigenvalue weighted by molar-refractivity contribution is 7.89. The summed E-state index contributed by atoms with van der Waals surface area (Å²) in [6.45, 7) is 0.216. The van der Waals surface area contributed by atoms with Gasteiger partial charge in [0, 0.05) is 12.1 Å². The summed E-state index contributed by atoms with van der Waals surface area (Å²) < 4.78 is 27.3. The van der Waals surface area contributed by atoms with Crippen LogP contribution in [-0.4, -0.2) is 14.2 Å². The van der Waals surface area contributed by atoms with Crippen molar-refractivity contribution < 1.29 is 13.2 Å².